The third-order valence-electron chi connectivity index (χ3n) is 7.33. The van der Waals surface area contributed by atoms with Crippen LogP contribution in [0.2, 0.25) is 0 Å². The van der Waals surface area contributed by atoms with Crippen molar-refractivity contribution >= 4 is 33.2 Å². The molecule has 3 aliphatic heterocycles. The van der Waals surface area contributed by atoms with E-state index in [2.05, 4.69) is 5.43 Å². The molecule has 2 saturated heterocycles. The average molecular weight is 477 g/mol. The zero-order valence-corrected chi connectivity index (χ0v) is 20.0. The maximum absolute atomic E-state index is 13.1. The Hall–Kier alpha value is -2.17. The number of ether oxygens (including phenoxy) is 1. The molecule has 1 N–H and O–H groups in total. The molecule has 9 nitrogen and oxygen atoms in total. The second kappa shape index (κ2) is 8.56. The van der Waals surface area contributed by atoms with Gasteiger partial charge < -0.3 is 9.64 Å². The fraction of sp³-hybridized carbons (Fsp3) is 0.652. The van der Waals surface area contributed by atoms with Crippen LogP contribution in [0.25, 0.3) is 0 Å². The monoisotopic (exact) mass is 476 g/mol. The van der Waals surface area contributed by atoms with E-state index in [1.807, 2.05) is 30.1 Å². The van der Waals surface area contributed by atoms with Crippen LogP contribution in [0.5, 0.6) is 0 Å². The number of nitrogens with zero attached hydrogens (tertiary/aromatic N) is 3. The van der Waals surface area contributed by atoms with Crippen molar-refractivity contribution in [2.45, 2.75) is 63.6 Å². The molecule has 1 aromatic carbocycles. The van der Waals surface area contributed by atoms with Crippen molar-refractivity contribution in [1.29, 1.82) is 0 Å². The molecular weight excluding hydrogens is 444 g/mol. The van der Waals surface area contributed by atoms with Gasteiger partial charge in [0.1, 0.15) is 6.10 Å². The Bertz CT molecular complexity index is 1040. The number of carbonyl (C=O) groups excluding carboxylic acids is 2. The first-order valence-electron chi connectivity index (χ1n) is 11.8. The Morgan fingerprint density at radius 2 is 1.82 bits per heavy atom. The molecule has 3 heterocycles. The Morgan fingerprint density at radius 1 is 1.09 bits per heavy atom. The molecule has 1 unspecified atom stereocenters. The van der Waals surface area contributed by atoms with Crippen LogP contribution < -0.4 is 15.2 Å². The molecular formula is C23H32N4O5S. The Kier molecular flexibility index (Phi) is 5.86. The van der Waals surface area contributed by atoms with Crippen LogP contribution in [0.15, 0.2) is 18.2 Å². The van der Waals surface area contributed by atoms with Crippen LogP contribution in [-0.2, 0) is 19.4 Å². The third kappa shape index (κ3) is 4.36. The highest BCUT2D eigenvalue weighted by Gasteiger charge is 2.41. The number of carbonyl (C=O) groups is 2. The molecule has 0 bridgehead atoms. The minimum absolute atomic E-state index is 0.0181. The van der Waals surface area contributed by atoms with Gasteiger partial charge in [-0.25, -0.2) is 18.2 Å². The Balaban J connectivity index is 1.39. The largest absolute Gasteiger partial charge is 0.446 e. The van der Waals surface area contributed by atoms with Crippen LogP contribution >= 0.6 is 0 Å². The summed E-state index contributed by atoms with van der Waals surface area (Å²) in [6, 6.07) is 5.81. The number of nitrogens with one attached hydrogen (secondary N) is 1. The fourth-order valence-corrected chi connectivity index (χ4v) is 7.01. The first-order chi connectivity index (χ1) is 15.7. The van der Waals surface area contributed by atoms with Gasteiger partial charge in [0.15, 0.2) is 9.84 Å². The second-order valence-electron chi connectivity index (χ2n) is 9.83. The van der Waals surface area contributed by atoms with Crippen molar-refractivity contribution in [3.63, 3.8) is 0 Å². The van der Waals surface area contributed by atoms with E-state index in [4.69, 9.17) is 4.74 Å². The molecule has 1 saturated carbocycles. The molecule has 10 heteroatoms. The number of benzene rings is 1. The second-order valence-corrected chi connectivity index (χ2v) is 12.0. The number of hydrogen-bond acceptors (Lipinski definition) is 7. The van der Waals surface area contributed by atoms with Crippen LogP contribution in [0.4, 0.5) is 16.2 Å². The number of amides is 2. The number of anilines is 2. The maximum Gasteiger partial charge on any atom is 0.414 e. The van der Waals surface area contributed by atoms with Gasteiger partial charge in [-0.2, -0.15) is 0 Å². The highest BCUT2D eigenvalue weighted by Crippen LogP contribution is 2.39. The topological polar surface area (TPSA) is 99.3 Å². The lowest BCUT2D eigenvalue weighted by molar-refractivity contribution is -0.117. The van der Waals surface area contributed by atoms with Gasteiger partial charge in [0.05, 0.1) is 35.0 Å². The van der Waals surface area contributed by atoms with Gasteiger partial charge in [-0.05, 0) is 50.3 Å². The molecule has 1 aliphatic carbocycles. The summed E-state index contributed by atoms with van der Waals surface area (Å²) in [6.45, 7) is 5.29. The standard InChI is InChI=1S/C23H32N4O5S/c1-15-11-25(23(29)32-20-5-3-4-6-20)22-9-17(7-8-21(22)27(15)16(2)28)18-10-24-26(12-18)19-13-33(30,31)14-19/h7-9,15,18-20,24H,3-6,10-14H2,1-2H3/t15-,18?/m0/s1. The van der Waals surface area contributed by atoms with Crippen molar-refractivity contribution in [2.24, 2.45) is 0 Å². The maximum atomic E-state index is 13.1. The van der Waals surface area contributed by atoms with E-state index in [0.717, 1.165) is 36.9 Å². The van der Waals surface area contributed by atoms with E-state index in [9.17, 15) is 18.0 Å². The van der Waals surface area contributed by atoms with Crippen molar-refractivity contribution in [3.8, 4) is 0 Å². The van der Waals surface area contributed by atoms with Gasteiger partial charge in [-0.3, -0.25) is 15.1 Å². The molecule has 3 fully saturated rings. The Labute approximate surface area is 194 Å². The van der Waals surface area contributed by atoms with Gasteiger partial charge in [-0.1, -0.05) is 6.07 Å². The summed E-state index contributed by atoms with van der Waals surface area (Å²) in [5.74, 6) is 0.503. The minimum Gasteiger partial charge on any atom is -0.446 e. The number of sulfone groups is 1. The first kappa shape index (κ1) is 22.6. The van der Waals surface area contributed by atoms with E-state index >= 15 is 0 Å². The molecule has 0 aromatic heterocycles. The summed E-state index contributed by atoms with van der Waals surface area (Å²) >= 11 is 0. The predicted octanol–water partition coefficient (Wildman–Crippen LogP) is 2.03. The molecule has 2 atom stereocenters. The number of hydrogen-bond donors (Lipinski definition) is 1. The van der Waals surface area contributed by atoms with Crippen molar-refractivity contribution in [2.75, 3.05) is 40.9 Å². The van der Waals surface area contributed by atoms with Gasteiger partial charge in [0, 0.05) is 32.5 Å². The van der Waals surface area contributed by atoms with E-state index in [1.54, 1.807) is 16.7 Å². The van der Waals surface area contributed by atoms with Crippen LogP contribution in [-0.4, -0.2) is 74.8 Å². The molecule has 0 radical (unpaired) electrons. The lowest BCUT2D eigenvalue weighted by Crippen LogP contribution is -2.55. The highest BCUT2D eigenvalue weighted by molar-refractivity contribution is 7.92. The predicted molar refractivity (Wildman–Crippen MR) is 125 cm³/mol. The first-order valence-corrected chi connectivity index (χ1v) is 13.7. The molecule has 180 valence electrons. The van der Waals surface area contributed by atoms with Crippen LogP contribution in [0.1, 0.15) is 51.0 Å². The number of fused-ring (bicyclic) bond motifs is 1. The van der Waals surface area contributed by atoms with Crippen molar-refractivity contribution < 1.29 is 22.7 Å². The van der Waals surface area contributed by atoms with Crippen LogP contribution in [0, 0.1) is 0 Å². The molecule has 4 aliphatic rings. The van der Waals surface area contributed by atoms with E-state index in [1.165, 1.54) is 0 Å². The van der Waals surface area contributed by atoms with E-state index < -0.39 is 9.84 Å². The SMILES string of the molecule is CC(=O)N1c2ccc(C3CNN(C4CS(=O)(=O)C4)C3)cc2N(C(=O)OC2CCCC2)C[C@@H]1C. The van der Waals surface area contributed by atoms with E-state index in [0.29, 0.717) is 25.3 Å². The Morgan fingerprint density at radius 3 is 2.48 bits per heavy atom. The summed E-state index contributed by atoms with van der Waals surface area (Å²) < 4.78 is 28.9. The molecule has 5 rings (SSSR count). The lowest BCUT2D eigenvalue weighted by atomic mass is 9.96. The minimum atomic E-state index is -2.89. The molecule has 1 aromatic rings. The van der Waals surface area contributed by atoms with Crippen molar-refractivity contribution in [1.82, 2.24) is 10.4 Å². The normalized spacial score (nSPS) is 27.9. The van der Waals surface area contributed by atoms with Crippen molar-refractivity contribution in [3.05, 3.63) is 23.8 Å². The summed E-state index contributed by atoms with van der Waals surface area (Å²) in [4.78, 5) is 29.0. The fourth-order valence-electron chi connectivity index (χ4n) is 5.57. The average Bonchev–Trinajstić information content (AvgIpc) is 3.42. The van der Waals surface area contributed by atoms with Gasteiger partial charge in [0.2, 0.25) is 5.91 Å². The number of hydrazine groups is 1. The lowest BCUT2D eigenvalue weighted by Gasteiger charge is -2.40. The summed E-state index contributed by atoms with van der Waals surface area (Å²) in [5.41, 5.74) is 5.82. The molecule has 33 heavy (non-hydrogen) atoms. The number of rotatable bonds is 3. The van der Waals surface area contributed by atoms with Gasteiger partial charge >= 0.3 is 6.09 Å². The highest BCUT2D eigenvalue weighted by atomic mass is 32.2. The quantitative estimate of drug-likeness (QED) is 0.713. The van der Waals surface area contributed by atoms with Crippen LogP contribution in [0.3, 0.4) is 0 Å². The zero-order valence-electron chi connectivity index (χ0n) is 19.2. The summed E-state index contributed by atoms with van der Waals surface area (Å²) in [6.07, 6.45) is 3.60. The van der Waals surface area contributed by atoms with E-state index in [-0.39, 0.29) is 47.6 Å². The summed E-state index contributed by atoms with van der Waals surface area (Å²) in [5, 5.41) is 2.03. The smallest absolute Gasteiger partial charge is 0.414 e. The van der Waals surface area contributed by atoms with Gasteiger partial charge in [-0.15, -0.1) is 0 Å². The molecule has 2 amide bonds. The van der Waals surface area contributed by atoms with Gasteiger partial charge in [0.25, 0.3) is 0 Å². The summed E-state index contributed by atoms with van der Waals surface area (Å²) in [7, 11) is -2.89. The zero-order chi connectivity index (χ0) is 23.3. The molecule has 0 spiro atoms. The third-order valence-corrected chi connectivity index (χ3v) is 9.11.